The molecule has 0 amide bonds. The summed E-state index contributed by atoms with van der Waals surface area (Å²) in [6.07, 6.45) is 0. The number of hydrogen-bond acceptors (Lipinski definition) is 4. The number of thioether (sulfide) groups is 1. The van der Waals surface area contributed by atoms with Gasteiger partial charge in [-0.05, 0) is 25.5 Å². The quantitative estimate of drug-likeness (QED) is 0.585. The van der Waals surface area contributed by atoms with Gasteiger partial charge in [-0.25, -0.2) is 4.98 Å². The van der Waals surface area contributed by atoms with Crippen LogP contribution in [0.1, 0.15) is 17.0 Å². The van der Waals surface area contributed by atoms with Gasteiger partial charge in [0.1, 0.15) is 0 Å². The van der Waals surface area contributed by atoms with Crippen molar-refractivity contribution in [2.24, 2.45) is 0 Å². The topological polar surface area (TPSA) is 61.0 Å². The van der Waals surface area contributed by atoms with Crippen molar-refractivity contribution in [3.63, 3.8) is 0 Å². The first-order chi connectivity index (χ1) is 8.58. The predicted molar refractivity (Wildman–Crippen MR) is 69.3 cm³/mol. The SMILES string of the molecule is Cc1nc2n(c1C)-c1ccc([N+](=O)[O-])cc1CS2. The van der Waals surface area contributed by atoms with Crippen LogP contribution in [-0.2, 0) is 5.75 Å². The van der Waals surface area contributed by atoms with Gasteiger partial charge in [-0.1, -0.05) is 11.8 Å². The first kappa shape index (κ1) is 11.3. The van der Waals surface area contributed by atoms with Gasteiger partial charge in [-0.3, -0.25) is 14.7 Å². The average molecular weight is 261 g/mol. The number of fused-ring (bicyclic) bond motifs is 3. The normalized spacial score (nSPS) is 13.0. The summed E-state index contributed by atoms with van der Waals surface area (Å²) in [7, 11) is 0. The predicted octanol–water partition coefficient (Wildman–Crippen LogP) is 3.00. The van der Waals surface area contributed by atoms with Crippen molar-refractivity contribution >= 4 is 17.4 Å². The Morgan fingerprint density at radius 3 is 2.94 bits per heavy atom. The number of rotatable bonds is 1. The molecule has 6 heteroatoms. The van der Waals surface area contributed by atoms with Crippen molar-refractivity contribution < 1.29 is 4.92 Å². The molecule has 1 aromatic carbocycles. The van der Waals surface area contributed by atoms with Crippen LogP contribution in [0.25, 0.3) is 5.69 Å². The molecular weight excluding hydrogens is 250 g/mol. The third-order valence-corrected chi connectivity index (χ3v) is 4.17. The molecule has 0 saturated carbocycles. The highest BCUT2D eigenvalue weighted by Crippen LogP contribution is 2.36. The zero-order valence-corrected chi connectivity index (χ0v) is 10.8. The van der Waals surface area contributed by atoms with E-state index in [1.807, 2.05) is 19.9 Å². The molecule has 0 saturated heterocycles. The lowest BCUT2D eigenvalue weighted by Gasteiger charge is -2.18. The molecule has 5 nitrogen and oxygen atoms in total. The Morgan fingerprint density at radius 1 is 1.44 bits per heavy atom. The van der Waals surface area contributed by atoms with Crippen LogP contribution in [0.4, 0.5) is 5.69 Å². The molecule has 0 N–H and O–H groups in total. The van der Waals surface area contributed by atoms with Crippen LogP contribution in [0.15, 0.2) is 23.4 Å². The van der Waals surface area contributed by atoms with Crippen molar-refractivity contribution in [2.75, 3.05) is 0 Å². The van der Waals surface area contributed by atoms with Crippen LogP contribution < -0.4 is 0 Å². The van der Waals surface area contributed by atoms with Crippen molar-refractivity contribution in [1.29, 1.82) is 0 Å². The van der Waals surface area contributed by atoms with Crippen LogP contribution in [-0.4, -0.2) is 14.5 Å². The zero-order chi connectivity index (χ0) is 12.9. The number of imidazole rings is 1. The lowest BCUT2D eigenvalue weighted by molar-refractivity contribution is -0.384. The Hall–Kier alpha value is -1.82. The van der Waals surface area contributed by atoms with Gasteiger partial charge >= 0.3 is 0 Å². The largest absolute Gasteiger partial charge is 0.292 e. The van der Waals surface area contributed by atoms with E-state index in [9.17, 15) is 10.1 Å². The Bertz CT molecular complexity index is 664. The molecule has 0 fully saturated rings. The maximum absolute atomic E-state index is 10.8. The minimum absolute atomic E-state index is 0.146. The molecule has 0 aliphatic carbocycles. The lowest BCUT2D eigenvalue weighted by atomic mass is 10.1. The van der Waals surface area contributed by atoms with Crippen LogP contribution >= 0.6 is 11.8 Å². The Kier molecular flexibility index (Phi) is 2.41. The maximum Gasteiger partial charge on any atom is 0.269 e. The number of hydrogen-bond donors (Lipinski definition) is 0. The molecule has 1 aliphatic rings. The average Bonchev–Trinajstić information content (AvgIpc) is 2.65. The summed E-state index contributed by atoms with van der Waals surface area (Å²) in [6.45, 7) is 4.00. The molecule has 18 heavy (non-hydrogen) atoms. The Morgan fingerprint density at radius 2 is 2.22 bits per heavy atom. The summed E-state index contributed by atoms with van der Waals surface area (Å²) in [5.74, 6) is 0.729. The summed E-state index contributed by atoms with van der Waals surface area (Å²) in [6, 6.07) is 5.01. The molecule has 1 aliphatic heterocycles. The van der Waals surface area contributed by atoms with Gasteiger partial charge in [0.15, 0.2) is 5.16 Å². The molecule has 2 aromatic rings. The number of non-ortho nitro benzene ring substituents is 1. The summed E-state index contributed by atoms with van der Waals surface area (Å²) < 4.78 is 2.07. The molecule has 0 spiro atoms. The fourth-order valence-corrected chi connectivity index (χ4v) is 3.20. The molecular formula is C12H11N3O2S. The second kappa shape index (κ2) is 3.84. The maximum atomic E-state index is 10.8. The molecule has 0 atom stereocenters. The van der Waals surface area contributed by atoms with Gasteiger partial charge in [0.25, 0.3) is 5.69 Å². The van der Waals surface area contributed by atoms with Gasteiger partial charge in [-0.15, -0.1) is 0 Å². The summed E-state index contributed by atoms with van der Waals surface area (Å²) in [5.41, 5.74) is 4.23. The highest BCUT2D eigenvalue weighted by atomic mass is 32.2. The van der Waals surface area contributed by atoms with E-state index in [2.05, 4.69) is 9.55 Å². The van der Waals surface area contributed by atoms with E-state index >= 15 is 0 Å². The van der Waals surface area contributed by atoms with Crippen LogP contribution in [0.3, 0.4) is 0 Å². The Labute approximate surface area is 108 Å². The number of aromatic nitrogens is 2. The summed E-state index contributed by atoms with van der Waals surface area (Å²) in [4.78, 5) is 14.9. The monoisotopic (exact) mass is 261 g/mol. The van der Waals surface area contributed by atoms with Crippen LogP contribution in [0, 0.1) is 24.0 Å². The van der Waals surface area contributed by atoms with Crippen LogP contribution in [0.2, 0.25) is 0 Å². The molecule has 3 rings (SSSR count). The van der Waals surface area contributed by atoms with Crippen molar-refractivity contribution in [3.05, 3.63) is 45.3 Å². The zero-order valence-electron chi connectivity index (χ0n) is 10.0. The number of aryl methyl sites for hydroxylation is 1. The van der Waals surface area contributed by atoms with E-state index in [-0.39, 0.29) is 10.6 Å². The highest BCUT2D eigenvalue weighted by molar-refractivity contribution is 7.98. The minimum atomic E-state index is -0.355. The third kappa shape index (κ3) is 1.53. The second-order valence-electron chi connectivity index (χ2n) is 4.26. The van der Waals surface area contributed by atoms with Crippen LogP contribution in [0.5, 0.6) is 0 Å². The standard InChI is InChI=1S/C12H11N3O2S/c1-7-8(2)14-11-4-3-10(15(16)17)5-9(11)6-18-12(14)13-7/h3-5H,6H2,1-2H3. The number of nitro benzene ring substituents is 1. The van der Waals surface area contributed by atoms with Gasteiger partial charge < -0.3 is 0 Å². The molecule has 2 heterocycles. The van der Waals surface area contributed by atoms with Gasteiger partial charge in [0, 0.05) is 23.6 Å². The molecule has 0 bridgehead atoms. The fourth-order valence-electron chi connectivity index (χ4n) is 2.12. The van der Waals surface area contributed by atoms with Gasteiger partial charge in [0.05, 0.1) is 16.3 Å². The summed E-state index contributed by atoms with van der Waals surface area (Å²) in [5, 5.41) is 11.7. The minimum Gasteiger partial charge on any atom is -0.292 e. The van der Waals surface area contributed by atoms with Gasteiger partial charge in [0.2, 0.25) is 0 Å². The van der Waals surface area contributed by atoms with E-state index in [0.717, 1.165) is 33.5 Å². The van der Waals surface area contributed by atoms with E-state index in [1.165, 1.54) is 0 Å². The first-order valence-electron chi connectivity index (χ1n) is 5.54. The van der Waals surface area contributed by atoms with Gasteiger partial charge in [-0.2, -0.15) is 0 Å². The van der Waals surface area contributed by atoms with E-state index in [4.69, 9.17) is 0 Å². The number of nitro groups is 1. The Balaban J connectivity index is 2.22. The smallest absolute Gasteiger partial charge is 0.269 e. The van der Waals surface area contributed by atoms with E-state index < -0.39 is 0 Å². The molecule has 0 radical (unpaired) electrons. The summed E-state index contributed by atoms with van der Waals surface area (Å²) >= 11 is 1.62. The van der Waals surface area contributed by atoms with Crippen molar-refractivity contribution in [2.45, 2.75) is 24.8 Å². The fraction of sp³-hybridized carbons (Fsp3) is 0.250. The number of nitrogens with zero attached hydrogens (tertiary/aromatic N) is 3. The van der Waals surface area contributed by atoms with E-state index in [0.29, 0.717) is 0 Å². The van der Waals surface area contributed by atoms with Crippen molar-refractivity contribution in [1.82, 2.24) is 9.55 Å². The highest BCUT2D eigenvalue weighted by Gasteiger charge is 2.22. The number of benzene rings is 1. The molecule has 1 aromatic heterocycles. The third-order valence-electron chi connectivity index (χ3n) is 3.19. The molecule has 0 unspecified atom stereocenters. The second-order valence-corrected chi connectivity index (χ2v) is 5.20. The molecule has 92 valence electrons. The lowest BCUT2D eigenvalue weighted by Crippen LogP contribution is -2.07. The van der Waals surface area contributed by atoms with E-state index in [1.54, 1.807) is 23.9 Å². The first-order valence-corrected chi connectivity index (χ1v) is 6.53. The van der Waals surface area contributed by atoms with Crippen molar-refractivity contribution in [3.8, 4) is 5.69 Å².